The van der Waals surface area contributed by atoms with Gasteiger partial charge in [-0.05, 0) is 36.1 Å². The first-order valence-corrected chi connectivity index (χ1v) is 7.82. The molecule has 0 aliphatic heterocycles. The molecule has 1 fully saturated rings. The van der Waals surface area contributed by atoms with Crippen LogP contribution in [0.25, 0.3) is 0 Å². The van der Waals surface area contributed by atoms with Gasteiger partial charge in [-0.1, -0.05) is 24.3 Å². The molecule has 1 aliphatic rings. The third-order valence-corrected chi connectivity index (χ3v) is 4.16. The zero-order chi connectivity index (χ0) is 17.1. The van der Waals surface area contributed by atoms with E-state index in [0.29, 0.717) is 19.1 Å². The summed E-state index contributed by atoms with van der Waals surface area (Å²) in [5, 5.41) is 19.9. The Morgan fingerprint density at radius 2 is 1.79 bits per heavy atom. The predicted molar refractivity (Wildman–Crippen MR) is 88.8 cm³/mol. The Morgan fingerprint density at radius 3 is 2.38 bits per heavy atom. The largest absolute Gasteiger partial charge is 0.478 e. The number of non-ortho nitro benzene ring substituents is 1. The minimum atomic E-state index is -0.933. The smallest absolute Gasteiger partial charge is 0.335 e. The number of aromatic carboxylic acids is 1. The minimum absolute atomic E-state index is 0.106. The topological polar surface area (TPSA) is 83.7 Å². The fraction of sp³-hybridized carbons (Fsp3) is 0.278. The third kappa shape index (κ3) is 3.97. The highest BCUT2D eigenvalue weighted by Gasteiger charge is 2.29. The summed E-state index contributed by atoms with van der Waals surface area (Å²) < 4.78 is 0. The summed E-state index contributed by atoms with van der Waals surface area (Å²) in [5.41, 5.74) is 2.33. The Bertz CT molecular complexity index is 754. The molecule has 0 aromatic heterocycles. The molecule has 0 atom stereocenters. The number of rotatable bonds is 7. The van der Waals surface area contributed by atoms with Crippen LogP contribution < -0.4 is 0 Å². The number of nitrogens with zero attached hydrogens (tertiary/aromatic N) is 2. The fourth-order valence-corrected chi connectivity index (χ4v) is 2.74. The highest BCUT2D eigenvalue weighted by molar-refractivity contribution is 5.87. The summed E-state index contributed by atoms with van der Waals surface area (Å²) in [7, 11) is 0. The summed E-state index contributed by atoms with van der Waals surface area (Å²) in [5.74, 6) is -0.933. The van der Waals surface area contributed by atoms with Crippen molar-refractivity contribution in [2.75, 3.05) is 0 Å². The molecule has 6 heteroatoms. The third-order valence-electron chi connectivity index (χ3n) is 4.16. The van der Waals surface area contributed by atoms with Gasteiger partial charge >= 0.3 is 5.97 Å². The molecule has 24 heavy (non-hydrogen) atoms. The van der Waals surface area contributed by atoms with E-state index in [2.05, 4.69) is 4.90 Å². The van der Waals surface area contributed by atoms with Gasteiger partial charge in [-0.3, -0.25) is 15.0 Å². The van der Waals surface area contributed by atoms with Crippen molar-refractivity contribution >= 4 is 11.7 Å². The van der Waals surface area contributed by atoms with Crippen LogP contribution in [-0.2, 0) is 13.1 Å². The van der Waals surface area contributed by atoms with Gasteiger partial charge < -0.3 is 5.11 Å². The first-order valence-electron chi connectivity index (χ1n) is 7.82. The van der Waals surface area contributed by atoms with Gasteiger partial charge in [0, 0.05) is 31.3 Å². The molecule has 0 bridgehead atoms. The Morgan fingerprint density at radius 1 is 1.12 bits per heavy atom. The second-order valence-electron chi connectivity index (χ2n) is 6.07. The maximum atomic E-state index is 10.9. The Hall–Kier alpha value is -2.73. The summed E-state index contributed by atoms with van der Waals surface area (Å²) in [6.07, 6.45) is 2.25. The van der Waals surface area contributed by atoms with Gasteiger partial charge in [0.15, 0.2) is 0 Å². The van der Waals surface area contributed by atoms with Gasteiger partial charge in [-0.25, -0.2) is 4.79 Å². The number of carboxylic acid groups (broad SMARTS) is 1. The number of nitro groups is 1. The van der Waals surface area contributed by atoms with E-state index in [1.165, 1.54) is 6.07 Å². The fourth-order valence-electron chi connectivity index (χ4n) is 2.74. The van der Waals surface area contributed by atoms with E-state index >= 15 is 0 Å². The van der Waals surface area contributed by atoms with E-state index in [9.17, 15) is 14.9 Å². The van der Waals surface area contributed by atoms with Crippen molar-refractivity contribution in [2.45, 2.75) is 32.0 Å². The molecule has 1 N–H and O–H groups in total. The summed E-state index contributed by atoms with van der Waals surface area (Å²) in [4.78, 5) is 23.7. The molecule has 0 radical (unpaired) electrons. The van der Waals surface area contributed by atoms with Crippen LogP contribution in [0.5, 0.6) is 0 Å². The number of nitro benzene ring substituents is 1. The molecular weight excluding hydrogens is 308 g/mol. The summed E-state index contributed by atoms with van der Waals surface area (Å²) in [6, 6.07) is 14.1. The molecule has 6 nitrogen and oxygen atoms in total. The van der Waals surface area contributed by atoms with Gasteiger partial charge in [0.05, 0.1) is 10.5 Å². The van der Waals surface area contributed by atoms with Gasteiger partial charge in [0.2, 0.25) is 0 Å². The SMILES string of the molecule is O=C(O)c1ccc(CN(Cc2cccc([N+](=O)[O-])c2)C2CC2)cc1. The standard InChI is InChI=1S/C18H18N2O4/c21-18(22)15-6-4-13(5-7-15)11-19(16-8-9-16)12-14-2-1-3-17(10-14)20(23)24/h1-7,10,16H,8-9,11-12H2,(H,21,22). The van der Waals surface area contributed by atoms with Crippen LogP contribution in [0, 0.1) is 10.1 Å². The molecule has 2 aromatic rings. The van der Waals surface area contributed by atoms with Crippen molar-refractivity contribution in [1.29, 1.82) is 0 Å². The van der Waals surface area contributed by atoms with Crippen LogP contribution in [0.2, 0.25) is 0 Å². The second-order valence-corrected chi connectivity index (χ2v) is 6.07. The van der Waals surface area contributed by atoms with Crippen LogP contribution >= 0.6 is 0 Å². The molecule has 0 unspecified atom stereocenters. The molecule has 0 spiro atoms. The van der Waals surface area contributed by atoms with Crippen LogP contribution in [-0.4, -0.2) is 26.9 Å². The lowest BCUT2D eigenvalue weighted by Crippen LogP contribution is -2.25. The zero-order valence-corrected chi connectivity index (χ0v) is 13.1. The second kappa shape index (κ2) is 6.80. The highest BCUT2D eigenvalue weighted by Crippen LogP contribution is 2.30. The Kier molecular flexibility index (Phi) is 4.57. The van der Waals surface area contributed by atoms with Crippen molar-refractivity contribution in [3.05, 3.63) is 75.3 Å². The quantitative estimate of drug-likeness (QED) is 0.622. The number of hydrogen-bond acceptors (Lipinski definition) is 4. The monoisotopic (exact) mass is 326 g/mol. The molecule has 1 saturated carbocycles. The first kappa shape index (κ1) is 16.1. The van der Waals surface area contributed by atoms with Gasteiger partial charge in [-0.2, -0.15) is 0 Å². The first-order chi connectivity index (χ1) is 11.5. The number of carbonyl (C=O) groups is 1. The summed E-state index contributed by atoms with van der Waals surface area (Å²) >= 11 is 0. The number of benzene rings is 2. The lowest BCUT2D eigenvalue weighted by atomic mass is 10.1. The Balaban J connectivity index is 1.72. The molecule has 124 valence electrons. The minimum Gasteiger partial charge on any atom is -0.478 e. The molecule has 0 amide bonds. The Labute approximate surface area is 139 Å². The highest BCUT2D eigenvalue weighted by atomic mass is 16.6. The lowest BCUT2D eigenvalue weighted by Gasteiger charge is -2.22. The average molecular weight is 326 g/mol. The van der Waals surface area contributed by atoms with Gasteiger partial charge in [-0.15, -0.1) is 0 Å². The number of carboxylic acids is 1. The van der Waals surface area contributed by atoms with E-state index in [-0.39, 0.29) is 16.2 Å². The maximum Gasteiger partial charge on any atom is 0.335 e. The van der Waals surface area contributed by atoms with Crippen LogP contribution in [0.4, 0.5) is 5.69 Å². The molecule has 2 aromatic carbocycles. The lowest BCUT2D eigenvalue weighted by molar-refractivity contribution is -0.384. The van der Waals surface area contributed by atoms with Gasteiger partial charge in [0.25, 0.3) is 5.69 Å². The van der Waals surface area contributed by atoms with E-state index in [1.54, 1.807) is 24.3 Å². The van der Waals surface area contributed by atoms with Crippen molar-refractivity contribution in [3.8, 4) is 0 Å². The van der Waals surface area contributed by atoms with E-state index in [4.69, 9.17) is 5.11 Å². The normalized spacial score (nSPS) is 13.9. The van der Waals surface area contributed by atoms with E-state index in [1.807, 2.05) is 18.2 Å². The van der Waals surface area contributed by atoms with Gasteiger partial charge in [0.1, 0.15) is 0 Å². The van der Waals surface area contributed by atoms with Crippen LogP contribution in [0.15, 0.2) is 48.5 Å². The molecule has 0 saturated heterocycles. The van der Waals surface area contributed by atoms with Crippen molar-refractivity contribution in [3.63, 3.8) is 0 Å². The average Bonchev–Trinajstić information content (AvgIpc) is 3.40. The molecule has 3 rings (SSSR count). The molecule has 1 aliphatic carbocycles. The molecule has 0 heterocycles. The van der Waals surface area contributed by atoms with Crippen molar-refractivity contribution in [1.82, 2.24) is 4.90 Å². The van der Waals surface area contributed by atoms with Crippen LogP contribution in [0.3, 0.4) is 0 Å². The zero-order valence-electron chi connectivity index (χ0n) is 13.1. The van der Waals surface area contributed by atoms with E-state index in [0.717, 1.165) is 24.0 Å². The van der Waals surface area contributed by atoms with Crippen LogP contribution in [0.1, 0.15) is 34.3 Å². The maximum absolute atomic E-state index is 10.9. The predicted octanol–water partition coefficient (Wildman–Crippen LogP) is 3.46. The van der Waals surface area contributed by atoms with Crippen molar-refractivity contribution < 1.29 is 14.8 Å². The number of hydrogen-bond donors (Lipinski definition) is 1. The van der Waals surface area contributed by atoms with E-state index < -0.39 is 5.97 Å². The van der Waals surface area contributed by atoms with Crippen molar-refractivity contribution in [2.24, 2.45) is 0 Å². The molecular formula is C18H18N2O4. The summed E-state index contributed by atoms with van der Waals surface area (Å²) in [6.45, 7) is 1.35.